The number of aliphatic hydroxyl groups excluding tert-OH is 1. The van der Waals surface area contributed by atoms with E-state index in [1.807, 2.05) is 37.4 Å². The number of furan rings is 1. The van der Waals surface area contributed by atoms with Gasteiger partial charge in [0.25, 0.3) is 0 Å². The number of aliphatic hydroxyl groups is 1. The normalized spacial score (nSPS) is 14.0. The average molecular weight is 575 g/mol. The molecule has 0 spiro atoms. The molecular weight excluding hydrogens is 516 g/mol. The van der Waals surface area contributed by atoms with Gasteiger partial charge in [0, 0.05) is 14.4 Å². The Morgan fingerprint density at radius 2 is 1.54 bits per heavy atom. The number of carbonyl (C=O) groups is 1. The van der Waals surface area contributed by atoms with Crippen LogP contribution in [0.4, 0.5) is 0 Å². The Bertz CT molecular complexity index is 955. The monoisotopic (exact) mass is 574 g/mol. The molecule has 1 aliphatic rings. The molecule has 2 heterocycles. The highest BCUT2D eigenvalue weighted by Gasteiger charge is 2.26. The van der Waals surface area contributed by atoms with Crippen LogP contribution >= 0.6 is 0 Å². The van der Waals surface area contributed by atoms with Crippen LogP contribution in [0.1, 0.15) is 123 Å². The van der Waals surface area contributed by atoms with Crippen LogP contribution in [-0.4, -0.2) is 48.8 Å². The van der Waals surface area contributed by atoms with Gasteiger partial charge in [-0.2, -0.15) is 0 Å². The summed E-state index contributed by atoms with van der Waals surface area (Å²) < 4.78 is 16.8. The predicted octanol–water partition coefficient (Wildman–Crippen LogP) is 8.06. The van der Waals surface area contributed by atoms with E-state index in [0.717, 1.165) is 18.6 Å². The Morgan fingerprint density at radius 1 is 0.927 bits per heavy atom. The molecule has 0 fully saturated rings. The van der Waals surface area contributed by atoms with E-state index in [4.69, 9.17) is 13.9 Å². The number of fused-ring (bicyclic) bond motifs is 1. The number of carbonyl (C=O) groups excluding carboxylic acids is 1. The predicted molar refractivity (Wildman–Crippen MR) is 169 cm³/mol. The number of rotatable bonds is 21. The largest absolute Gasteiger partial charge is 0.486 e. The fourth-order valence-corrected chi connectivity index (χ4v) is 5.35. The highest BCUT2D eigenvalue weighted by atomic mass is 16.6. The third kappa shape index (κ3) is 13.3. The van der Waals surface area contributed by atoms with Gasteiger partial charge in [-0.05, 0) is 43.3 Å². The lowest BCUT2D eigenvalue weighted by atomic mass is 10.00. The summed E-state index contributed by atoms with van der Waals surface area (Å²) in [4.78, 5) is 15.0. The van der Waals surface area contributed by atoms with Crippen LogP contribution in [0, 0.1) is 0 Å². The van der Waals surface area contributed by atoms with Crippen LogP contribution in [0.3, 0.4) is 0 Å². The zero-order valence-electron chi connectivity index (χ0n) is 24.9. The maximum Gasteiger partial charge on any atom is 0.220 e. The van der Waals surface area contributed by atoms with Crippen LogP contribution in [-0.2, 0) is 11.3 Å². The maximum atomic E-state index is 12.9. The molecule has 41 heavy (non-hydrogen) atoms. The van der Waals surface area contributed by atoms with E-state index in [9.17, 15) is 9.90 Å². The molecule has 0 unspecified atom stereocenters. The van der Waals surface area contributed by atoms with Crippen molar-refractivity contribution in [3.63, 3.8) is 0 Å². The molecule has 0 saturated heterocycles. The van der Waals surface area contributed by atoms with Gasteiger partial charge in [-0.1, -0.05) is 97.5 Å². The number of benzene rings is 1. The van der Waals surface area contributed by atoms with Crippen LogP contribution in [0.25, 0.3) is 0 Å². The van der Waals surface area contributed by atoms with E-state index in [2.05, 4.69) is 17.1 Å². The lowest BCUT2D eigenvalue weighted by Crippen LogP contribution is -2.46. The molecule has 1 aromatic carbocycles. The molecule has 2 aromatic rings. The van der Waals surface area contributed by atoms with Crippen LogP contribution < -0.4 is 14.8 Å². The zero-order chi connectivity index (χ0) is 28.4. The fourth-order valence-electron chi connectivity index (χ4n) is 5.35. The quantitative estimate of drug-likeness (QED) is 0.147. The summed E-state index contributed by atoms with van der Waals surface area (Å²) in [6.07, 6.45) is 17.8. The molecule has 7 nitrogen and oxygen atoms in total. The van der Waals surface area contributed by atoms with Crippen LogP contribution in [0.5, 0.6) is 11.5 Å². The number of hydrogen-bond acceptors (Lipinski definition) is 6. The molecule has 2 N–H and O–H groups in total. The van der Waals surface area contributed by atoms with Crippen LogP contribution in [0.15, 0.2) is 41.0 Å². The van der Waals surface area contributed by atoms with Gasteiger partial charge >= 0.3 is 0 Å². The van der Waals surface area contributed by atoms with E-state index in [0.29, 0.717) is 49.8 Å². The summed E-state index contributed by atoms with van der Waals surface area (Å²) in [6, 6.07) is 8.80. The van der Waals surface area contributed by atoms with Crippen molar-refractivity contribution in [2.45, 2.75) is 123 Å². The molecule has 1 amide bonds. The molecule has 234 valence electrons. The number of unbranched alkanes of at least 4 members (excludes halogenated alkanes) is 12. The summed E-state index contributed by atoms with van der Waals surface area (Å²) in [7, 11) is 1.96. The number of hydrogen-bond donors (Lipinski definition) is 2. The number of amides is 1. The first kappa shape index (κ1) is 34.7. The molecule has 3 rings (SSSR count). The number of likely N-dealkylation sites (N-methyl/N-ethyl adjacent to an activating group) is 1. The van der Waals surface area contributed by atoms with Gasteiger partial charge in [0.2, 0.25) is 5.91 Å². The first-order valence-corrected chi connectivity index (χ1v) is 15.6. The van der Waals surface area contributed by atoms with Gasteiger partial charge < -0.3 is 24.3 Å². The van der Waals surface area contributed by atoms with Crippen molar-refractivity contribution in [2.75, 3.05) is 26.8 Å². The third-order valence-electron chi connectivity index (χ3n) is 7.66. The second-order valence-corrected chi connectivity index (χ2v) is 11.3. The molecule has 0 saturated carbocycles. The molecule has 1 aliphatic heterocycles. The minimum atomic E-state index is -0.884. The smallest absolute Gasteiger partial charge is 0.220 e. The van der Waals surface area contributed by atoms with Crippen molar-refractivity contribution in [1.29, 1.82) is 0 Å². The van der Waals surface area contributed by atoms with Crippen molar-refractivity contribution in [1.82, 2.24) is 10.2 Å². The van der Waals surface area contributed by atoms with E-state index in [1.54, 1.807) is 6.26 Å². The molecule has 1 aromatic heterocycles. The van der Waals surface area contributed by atoms with E-state index in [-0.39, 0.29) is 14.8 Å². The number of nitrogens with zero attached hydrogens (tertiary/aromatic N) is 1. The standard InChI is InChI=1S/C33H52N2O5.CH4.H2/c1-3-4-5-6-7-8-9-10-11-12-13-14-15-18-32(36)34-29(26-35(2)25-28-17-16-21-38-28)33(37)27-19-20-30-31(24-27)40-23-22-39-30;;/h16-17,19-21,24,29,33,37H,3-15,18,22-23,25-26H2,1-2H3,(H,34,36);1H4;1H/t29-,33-;;/m1../s1. The van der Waals surface area contributed by atoms with E-state index in [1.165, 1.54) is 70.6 Å². The highest BCUT2D eigenvalue weighted by Crippen LogP contribution is 2.33. The van der Waals surface area contributed by atoms with Crippen molar-refractivity contribution in [3.05, 3.63) is 47.9 Å². The lowest BCUT2D eigenvalue weighted by Gasteiger charge is -2.29. The summed E-state index contributed by atoms with van der Waals surface area (Å²) in [5, 5.41) is 14.4. The molecule has 0 bridgehead atoms. The Morgan fingerprint density at radius 3 is 2.15 bits per heavy atom. The van der Waals surface area contributed by atoms with Crippen molar-refractivity contribution < 1.29 is 25.2 Å². The summed E-state index contributed by atoms with van der Waals surface area (Å²) in [5.41, 5.74) is 0.696. The molecule has 0 aliphatic carbocycles. The topological polar surface area (TPSA) is 84.2 Å². The van der Waals surface area contributed by atoms with Crippen molar-refractivity contribution >= 4 is 5.91 Å². The number of nitrogens with one attached hydrogen (secondary N) is 1. The molecule has 2 atom stereocenters. The van der Waals surface area contributed by atoms with Gasteiger partial charge in [0.1, 0.15) is 25.1 Å². The summed E-state index contributed by atoms with van der Waals surface area (Å²) in [5.74, 6) is 2.13. The average Bonchev–Trinajstić information content (AvgIpc) is 3.47. The highest BCUT2D eigenvalue weighted by molar-refractivity contribution is 5.76. The van der Waals surface area contributed by atoms with Gasteiger partial charge in [0.05, 0.1) is 18.8 Å². The first-order chi connectivity index (χ1) is 19.6. The Labute approximate surface area is 250 Å². The van der Waals surface area contributed by atoms with Crippen molar-refractivity contribution in [2.24, 2.45) is 0 Å². The molecule has 7 heteroatoms. The van der Waals surface area contributed by atoms with Gasteiger partial charge in [-0.3, -0.25) is 9.69 Å². The fraction of sp³-hybridized carbons (Fsp3) is 0.676. The van der Waals surface area contributed by atoms with Crippen molar-refractivity contribution in [3.8, 4) is 11.5 Å². The van der Waals surface area contributed by atoms with Gasteiger partial charge in [-0.25, -0.2) is 0 Å². The minimum Gasteiger partial charge on any atom is -0.486 e. The van der Waals surface area contributed by atoms with E-state index >= 15 is 0 Å². The maximum absolute atomic E-state index is 12.9. The number of ether oxygens (including phenoxy) is 2. The van der Waals surface area contributed by atoms with Gasteiger partial charge in [-0.15, -0.1) is 0 Å². The Balaban J connectivity index is 0.00000441. The van der Waals surface area contributed by atoms with E-state index < -0.39 is 12.1 Å². The third-order valence-corrected chi connectivity index (χ3v) is 7.66. The second-order valence-electron chi connectivity index (χ2n) is 11.3. The van der Waals surface area contributed by atoms with Crippen LogP contribution in [0.2, 0.25) is 0 Å². The lowest BCUT2D eigenvalue weighted by molar-refractivity contribution is -0.123. The Kier molecular flexibility index (Phi) is 17.2. The Hall–Kier alpha value is -2.51. The second kappa shape index (κ2) is 20.4. The zero-order valence-corrected chi connectivity index (χ0v) is 24.9. The first-order valence-electron chi connectivity index (χ1n) is 15.6. The molecular formula is C34H58N2O5. The summed E-state index contributed by atoms with van der Waals surface area (Å²) in [6.45, 7) is 4.33. The summed E-state index contributed by atoms with van der Waals surface area (Å²) >= 11 is 0. The SMILES string of the molecule is C.CCCCCCCCCCCCCCCC(=O)N[C@H](CN(C)Cc1ccco1)[C@H](O)c1ccc2c(c1)OCCO2.[HH]. The van der Waals surface area contributed by atoms with Gasteiger partial charge in [0.15, 0.2) is 11.5 Å². The molecule has 0 radical (unpaired) electrons. The minimum absolute atomic E-state index is 0.